The van der Waals surface area contributed by atoms with Gasteiger partial charge in [-0.3, -0.25) is 0 Å². The summed E-state index contributed by atoms with van der Waals surface area (Å²) in [5.41, 5.74) is 10.0. The molecule has 4 aromatic rings. The zero-order valence-electron chi connectivity index (χ0n) is 17.3. The molecule has 29 heavy (non-hydrogen) atoms. The van der Waals surface area contributed by atoms with E-state index in [9.17, 15) is 0 Å². The van der Waals surface area contributed by atoms with Crippen molar-refractivity contribution in [1.29, 1.82) is 0 Å². The maximum absolute atomic E-state index is 5.55. The topological polar surface area (TPSA) is 9.23 Å². The van der Waals surface area contributed by atoms with E-state index in [1.54, 1.807) is 0 Å². The second-order valence-electron chi connectivity index (χ2n) is 7.43. The van der Waals surface area contributed by atoms with Crippen LogP contribution in [0.5, 0.6) is 5.75 Å². The van der Waals surface area contributed by atoms with Crippen LogP contribution in [0.1, 0.15) is 18.1 Å². The Morgan fingerprint density at radius 3 is 1.59 bits per heavy atom. The Morgan fingerprint density at radius 2 is 1.03 bits per heavy atom. The van der Waals surface area contributed by atoms with E-state index in [4.69, 9.17) is 4.74 Å². The lowest BCUT2D eigenvalue weighted by Gasteiger charge is -2.11. The van der Waals surface area contributed by atoms with Gasteiger partial charge < -0.3 is 4.74 Å². The van der Waals surface area contributed by atoms with Gasteiger partial charge in [0.1, 0.15) is 5.75 Å². The molecule has 0 amide bonds. The van der Waals surface area contributed by atoms with Crippen LogP contribution in [0.3, 0.4) is 0 Å². The molecule has 1 heteroatoms. The molecule has 0 aliphatic rings. The van der Waals surface area contributed by atoms with Crippen molar-refractivity contribution < 1.29 is 4.74 Å². The van der Waals surface area contributed by atoms with Crippen molar-refractivity contribution in [1.82, 2.24) is 0 Å². The van der Waals surface area contributed by atoms with E-state index in [0.717, 1.165) is 5.75 Å². The van der Waals surface area contributed by atoms with Crippen LogP contribution < -0.4 is 4.74 Å². The molecule has 4 rings (SSSR count). The Hall–Kier alpha value is -3.32. The van der Waals surface area contributed by atoms with Crippen LogP contribution in [-0.2, 0) is 0 Å². The van der Waals surface area contributed by atoms with Gasteiger partial charge in [-0.25, -0.2) is 0 Å². The smallest absolute Gasteiger partial charge is 0.119 e. The number of hydrogen-bond acceptors (Lipinski definition) is 1. The summed E-state index contributed by atoms with van der Waals surface area (Å²) in [4.78, 5) is 0. The largest absolute Gasteiger partial charge is 0.494 e. The van der Waals surface area contributed by atoms with Gasteiger partial charge >= 0.3 is 0 Å². The highest BCUT2D eigenvalue weighted by Gasteiger charge is 2.06. The van der Waals surface area contributed by atoms with Crippen LogP contribution in [0.4, 0.5) is 0 Å². The molecule has 0 aliphatic carbocycles. The van der Waals surface area contributed by atoms with Crippen LogP contribution in [-0.4, -0.2) is 6.61 Å². The highest BCUT2D eigenvalue weighted by molar-refractivity contribution is 5.75. The standard InChI is InChI=1S/C28H26O/c1-4-29-27-16-13-25(14-17-27)28-18-15-26(19-21(28)3)24-11-9-23(10-12-24)22-7-5-20(2)6-8-22/h5-19H,4H2,1-3H3. The van der Waals surface area contributed by atoms with E-state index in [2.05, 4.69) is 92.7 Å². The van der Waals surface area contributed by atoms with Crippen LogP contribution in [0.25, 0.3) is 33.4 Å². The van der Waals surface area contributed by atoms with Gasteiger partial charge in [-0.2, -0.15) is 0 Å². The molecule has 0 bridgehead atoms. The zero-order chi connectivity index (χ0) is 20.2. The first kappa shape index (κ1) is 19.0. The lowest BCUT2D eigenvalue weighted by molar-refractivity contribution is 0.340. The van der Waals surface area contributed by atoms with Crippen molar-refractivity contribution in [2.75, 3.05) is 6.61 Å². The third kappa shape index (κ3) is 4.25. The summed E-state index contributed by atoms with van der Waals surface area (Å²) < 4.78 is 5.55. The molecule has 0 N–H and O–H groups in total. The SMILES string of the molecule is CCOc1ccc(-c2ccc(-c3ccc(-c4ccc(C)cc4)cc3)cc2C)cc1. The first-order valence-electron chi connectivity index (χ1n) is 10.2. The van der Waals surface area contributed by atoms with E-state index in [0.29, 0.717) is 6.61 Å². The fraction of sp³-hybridized carbons (Fsp3) is 0.143. The third-order valence-electron chi connectivity index (χ3n) is 5.31. The Balaban J connectivity index is 1.58. The molecule has 0 aliphatic heterocycles. The Morgan fingerprint density at radius 1 is 0.552 bits per heavy atom. The number of rotatable bonds is 5. The summed E-state index contributed by atoms with van der Waals surface area (Å²) >= 11 is 0. The summed E-state index contributed by atoms with van der Waals surface area (Å²) in [5.74, 6) is 0.916. The third-order valence-corrected chi connectivity index (χ3v) is 5.31. The molecule has 0 atom stereocenters. The minimum Gasteiger partial charge on any atom is -0.494 e. The van der Waals surface area contributed by atoms with Crippen molar-refractivity contribution >= 4 is 0 Å². The fourth-order valence-electron chi connectivity index (χ4n) is 3.67. The van der Waals surface area contributed by atoms with Gasteiger partial charge in [0.2, 0.25) is 0 Å². The minimum absolute atomic E-state index is 0.690. The molecule has 4 aromatic carbocycles. The lowest BCUT2D eigenvalue weighted by Crippen LogP contribution is -1.91. The lowest BCUT2D eigenvalue weighted by atomic mass is 9.94. The van der Waals surface area contributed by atoms with Gasteiger partial charge in [0.25, 0.3) is 0 Å². The fourth-order valence-corrected chi connectivity index (χ4v) is 3.67. The summed E-state index contributed by atoms with van der Waals surface area (Å²) in [6.07, 6.45) is 0. The summed E-state index contributed by atoms with van der Waals surface area (Å²) in [6.45, 7) is 6.99. The van der Waals surface area contributed by atoms with Gasteiger partial charge in [0.15, 0.2) is 0 Å². The number of hydrogen-bond donors (Lipinski definition) is 0. The van der Waals surface area contributed by atoms with Gasteiger partial charge in [-0.1, -0.05) is 84.4 Å². The monoisotopic (exact) mass is 378 g/mol. The number of ether oxygens (including phenoxy) is 1. The van der Waals surface area contributed by atoms with Crippen LogP contribution in [0.2, 0.25) is 0 Å². The van der Waals surface area contributed by atoms with Crippen LogP contribution in [0, 0.1) is 13.8 Å². The Kier molecular flexibility index (Phi) is 5.48. The van der Waals surface area contributed by atoms with E-state index in [-0.39, 0.29) is 0 Å². The average molecular weight is 379 g/mol. The predicted molar refractivity (Wildman–Crippen MR) is 123 cm³/mol. The quantitative estimate of drug-likeness (QED) is 0.346. The molecule has 144 valence electrons. The van der Waals surface area contributed by atoms with Crippen molar-refractivity contribution in [3.8, 4) is 39.1 Å². The number of aryl methyl sites for hydroxylation is 2. The highest BCUT2D eigenvalue weighted by Crippen LogP contribution is 2.31. The molecule has 0 radical (unpaired) electrons. The van der Waals surface area contributed by atoms with Gasteiger partial charge in [-0.05, 0) is 71.8 Å². The summed E-state index contributed by atoms with van der Waals surface area (Å²) in [7, 11) is 0. The zero-order valence-corrected chi connectivity index (χ0v) is 17.3. The van der Waals surface area contributed by atoms with Crippen LogP contribution >= 0.6 is 0 Å². The van der Waals surface area contributed by atoms with Crippen molar-refractivity contribution in [2.24, 2.45) is 0 Å². The van der Waals surface area contributed by atoms with E-state index in [1.807, 2.05) is 19.1 Å². The predicted octanol–water partition coefficient (Wildman–Crippen LogP) is 7.70. The molecule has 0 saturated heterocycles. The van der Waals surface area contributed by atoms with Crippen molar-refractivity contribution in [2.45, 2.75) is 20.8 Å². The maximum Gasteiger partial charge on any atom is 0.119 e. The maximum atomic E-state index is 5.55. The van der Waals surface area contributed by atoms with Gasteiger partial charge in [0.05, 0.1) is 6.61 Å². The molecular weight excluding hydrogens is 352 g/mol. The van der Waals surface area contributed by atoms with E-state index < -0.39 is 0 Å². The van der Waals surface area contributed by atoms with E-state index in [1.165, 1.54) is 44.5 Å². The molecule has 0 heterocycles. The molecule has 0 fully saturated rings. The molecule has 0 aromatic heterocycles. The molecule has 1 nitrogen and oxygen atoms in total. The molecular formula is C28H26O. The van der Waals surface area contributed by atoms with Gasteiger partial charge in [-0.15, -0.1) is 0 Å². The summed E-state index contributed by atoms with van der Waals surface area (Å²) in [5, 5.41) is 0. The minimum atomic E-state index is 0.690. The number of benzene rings is 4. The molecule has 0 saturated carbocycles. The van der Waals surface area contributed by atoms with Crippen LogP contribution in [0.15, 0.2) is 91.0 Å². The second-order valence-corrected chi connectivity index (χ2v) is 7.43. The molecule has 0 unspecified atom stereocenters. The van der Waals surface area contributed by atoms with E-state index >= 15 is 0 Å². The highest BCUT2D eigenvalue weighted by atomic mass is 16.5. The normalized spacial score (nSPS) is 10.7. The van der Waals surface area contributed by atoms with Gasteiger partial charge in [0, 0.05) is 0 Å². The van der Waals surface area contributed by atoms with Crippen molar-refractivity contribution in [3.63, 3.8) is 0 Å². The summed E-state index contributed by atoms with van der Waals surface area (Å²) in [6, 6.07) is 32.5. The average Bonchev–Trinajstić information content (AvgIpc) is 2.75. The second kappa shape index (κ2) is 8.36. The Bertz CT molecular complexity index is 1090. The van der Waals surface area contributed by atoms with Crippen molar-refractivity contribution in [3.05, 3.63) is 102 Å². The molecule has 0 spiro atoms. The first-order chi connectivity index (χ1) is 14.1. The first-order valence-corrected chi connectivity index (χ1v) is 10.2. The Labute approximate surface area is 173 Å².